The van der Waals surface area contributed by atoms with E-state index in [4.69, 9.17) is 4.52 Å². The lowest BCUT2D eigenvalue weighted by Crippen LogP contribution is -2.53. The first-order valence-corrected chi connectivity index (χ1v) is 9.86. The van der Waals surface area contributed by atoms with Gasteiger partial charge in [-0.2, -0.15) is 5.06 Å². The molecule has 0 aromatic rings. The molecule has 0 amide bonds. The van der Waals surface area contributed by atoms with Gasteiger partial charge in [0.25, 0.3) is 0 Å². The third-order valence-corrected chi connectivity index (χ3v) is 5.94. The summed E-state index contributed by atoms with van der Waals surface area (Å²) in [5, 5.41) is 12.1. The third kappa shape index (κ3) is 8.01. The SMILES string of the molecule is CC.CCOP(CC)C(N(O)C(C)(C)CC(C)=O)C(C)(C)C. The van der Waals surface area contributed by atoms with Crippen LogP contribution in [0.5, 0.6) is 0 Å². The molecule has 0 saturated heterocycles. The number of carbonyl (C=O) groups is 1. The predicted octanol–water partition coefficient (Wildman–Crippen LogP) is 5.29. The predicted molar refractivity (Wildman–Crippen MR) is 96.7 cm³/mol. The Morgan fingerprint density at radius 1 is 1.18 bits per heavy atom. The fourth-order valence-corrected chi connectivity index (χ4v) is 4.86. The first kappa shape index (κ1) is 24.2. The molecule has 4 nitrogen and oxygen atoms in total. The van der Waals surface area contributed by atoms with Gasteiger partial charge < -0.3 is 9.73 Å². The van der Waals surface area contributed by atoms with Gasteiger partial charge >= 0.3 is 0 Å². The molecule has 0 aromatic carbocycles. The summed E-state index contributed by atoms with van der Waals surface area (Å²) in [7, 11) is -0.774. The summed E-state index contributed by atoms with van der Waals surface area (Å²) in [6.07, 6.45) is 1.22. The molecule has 2 atom stereocenters. The number of Topliss-reactive ketones (excluding diaryl/α,β-unsaturated/α-hetero) is 1. The van der Waals surface area contributed by atoms with Crippen LogP contribution in [-0.2, 0) is 9.32 Å². The fourth-order valence-electron chi connectivity index (χ4n) is 2.44. The zero-order chi connectivity index (χ0) is 18.1. The van der Waals surface area contributed by atoms with Gasteiger partial charge in [0, 0.05) is 26.7 Å². The van der Waals surface area contributed by atoms with E-state index in [1.54, 1.807) is 6.92 Å². The van der Waals surface area contributed by atoms with Crippen LogP contribution < -0.4 is 0 Å². The third-order valence-electron chi connectivity index (χ3n) is 3.19. The van der Waals surface area contributed by atoms with Crippen LogP contribution in [0.25, 0.3) is 0 Å². The summed E-state index contributed by atoms with van der Waals surface area (Å²) in [4.78, 5) is 11.4. The Kier molecular flexibility index (Phi) is 11.8. The van der Waals surface area contributed by atoms with Gasteiger partial charge in [0.15, 0.2) is 0 Å². The highest BCUT2D eigenvalue weighted by Gasteiger charge is 2.43. The number of hydrogen-bond donors (Lipinski definition) is 1. The molecule has 0 aromatic heterocycles. The highest BCUT2D eigenvalue weighted by molar-refractivity contribution is 7.53. The minimum absolute atomic E-state index is 0.0824. The smallest absolute Gasteiger partial charge is 0.131 e. The van der Waals surface area contributed by atoms with Crippen molar-refractivity contribution < 1.29 is 14.5 Å². The molecule has 1 N–H and O–H groups in total. The van der Waals surface area contributed by atoms with Crippen LogP contribution in [0, 0.1) is 5.41 Å². The zero-order valence-electron chi connectivity index (χ0n) is 16.4. The van der Waals surface area contributed by atoms with E-state index >= 15 is 0 Å². The van der Waals surface area contributed by atoms with E-state index in [0.29, 0.717) is 13.0 Å². The van der Waals surface area contributed by atoms with Crippen LogP contribution >= 0.6 is 8.15 Å². The van der Waals surface area contributed by atoms with Crippen molar-refractivity contribution in [3.8, 4) is 0 Å². The van der Waals surface area contributed by atoms with Gasteiger partial charge in [0.1, 0.15) is 5.78 Å². The number of rotatable bonds is 8. The highest BCUT2D eigenvalue weighted by atomic mass is 31.1. The molecule has 2 unspecified atom stereocenters. The number of hydroxylamine groups is 2. The minimum atomic E-state index is -0.774. The topological polar surface area (TPSA) is 49.8 Å². The number of nitrogens with zero attached hydrogens (tertiary/aromatic N) is 1. The maximum absolute atomic E-state index is 11.4. The molecule has 0 aliphatic rings. The van der Waals surface area contributed by atoms with Gasteiger partial charge in [0.05, 0.1) is 5.78 Å². The Morgan fingerprint density at radius 3 is 1.91 bits per heavy atom. The summed E-state index contributed by atoms with van der Waals surface area (Å²) in [5.41, 5.74) is -0.712. The van der Waals surface area contributed by atoms with Crippen LogP contribution in [-0.4, -0.2) is 40.1 Å². The zero-order valence-corrected chi connectivity index (χ0v) is 17.3. The van der Waals surface area contributed by atoms with Crippen molar-refractivity contribution in [1.82, 2.24) is 5.06 Å². The average Bonchev–Trinajstić information content (AvgIpc) is 2.37. The van der Waals surface area contributed by atoms with Gasteiger partial charge in [-0.25, -0.2) is 0 Å². The quantitative estimate of drug-likeness (QED) is 0.484. The summed E-state index contributed by atoms with van der Waals surface area (Å²) in [6.45, 7) is 20.4. The number of hydrogen-bond acceptors (Lipinski definition) is 4. The molecule has 0 aliphatic carbocycles. The Labute approximate surface area is 139 Å². The molecule has 0 heterocycles. The van der Waals surface area contributed by atoms with E-state index in [0.717, 1.165) is 6.16 Å². The van der Waals surface area contributed by atoms with Gasteiger partial charge in [-0.05, 0) is 39.3 Å². The van der Waals surface area contributed by atoms with Crippen LogP contribution in [0.2, 0.25) is 0 Å². The van der Waals surface area contributed by atoms with E-state index in [1.165, 1.54) is 5.06 Å². The van der Waals surface area contributed by atoms with E-state index < -0.39 is 13.7 Å². The molecular weight excluding hydrogens is 297 g/mol. The van der Waals surface area contributed by atoms with Crippen molar-refractivity contribution in [1.29, 1.82) is 0 Å². The molecule has 5 heteroatoms. The first-order valence-electron chi connectivity index (χ1n) is 8.34. The van der Waals surface area contributed by atoms with Crippen molar-refractivity contribution in [3.05, 3.63) is 0 Å². The van der Waals surface area contributed by atoms with Crippen molar-refractivity contribution in [2.75, 3.05) is 12.8 Å². The van der Waals surface area contributed by atoms with E-state index in [1.807, 2.05) is 34.6 Å². The normalized spacial score (nSPS) is 15.1. The first-order chi connectivity index (χ1) is 9.97. The molecular formula is C17H38NO3P. The van der Waals surface area contributed by atoms with E-state index in [-0.39, 0.29) is 17.0 Å². The monoisotopic (exact) mass is 335 g/mol. The molecule has 134 valence electrons. The molecule has 0 spiro atoms. The lowest BCUT2D eigenvalue weighted by Gasteiger charge is -2.47. The van der Waals surface area contributed by atoms with Crippen LogP contribution in [0.1, 0.15) is 75.7 Å². The number of carbonyl (C=O) groups excluding carboxylic acids is 1. The molecule has 0 radical (unpaired) electrons. The second-order valence-corrected chi connectivity index (χ2v) is 9.14. The molecule has 0 aliphatic heterocycles. The van der Waals surface area contributed by atoms with E-state index in [9.17, 15) is 10.0 Å². The van der Waals surface area contributed by atoms with Gasteiger partial charge in [-0.1, -0.05) is 41.5 Å². The molecule has 0 saturated carbocycles. The molecule has 0 bridgehead atoms. The fraction of sp³-hybridized carbons (Fsp3) is 0.941. The summed E-state index contributed by atoms with van der Waals surface area (Å²) in [5.74, 6) is -0.0178. The molecule has 22 heavy (non-hydrogen) atoms. The van der Waals surface area contributed by atoms with Crippen molar-refractivity contribution in [2.45, 2.75) is 87.0 Å². The van der Waals surface area contributed by atoms with Crippen LogP contribution in [0.3, 0.4) is 0 Å². The number of ketones is 1. The van der Waals surface area contributed by atoms with E-state index in [2.05, 4.69) is 27.7 Å². The Morgan fingerprint density at radius 2 is 1.64 bits per heavy atom. The minimum Gasteiger partial charge on any atom is -0.358 e. The van der Waals surface area contributed by atoms with Crippen LogP contribution in [0.15, 0.2) is 0 Å². The largest absolute Gasteiger partial charge is 0.358 e. The second kappa shape index (κ2) is 10.7. The Hall–Kier alpha value is -0.0200. The van der Waals surface area contributed by atoms with Crippen molar-refractivity contribution >= 4 is 13.9 Å². The lowest BCUT2D eigenvalue weighted by molar-refractivity contribution is -0.194. The Balaban J connectivity index is 0. The average molecular weight is 335 g/mol. The summed E-state index contributed by atoms with van der Waals surface area (Å²) < 4.78 is 5.88. The molecule has 0 rings (SSSR count). The standard InChI is InChI=1S/C15H32NO3P.C2H6/c1-9-19-20(10-2)13(14(4,5)6)16(18)15(7,8)11-12(3)17;1-2/h13,18H,9-11H2,1-8H3;1-2H3. The summed E-state index contributed by atoms with van der Waals surface area (Å²) in [6, 6.07) is 0. The second-order valence-electron chi connectivity index (χ2n) is 6.93. The summed E-state index contributed by atoms with van der Waals surface area (Å²) >= 11 is 0. The lowest BCUT2D eigenvalue weighted by atomic mass is 9.91. The Bertz CT molecular complexity index is 314. The highest BCUT2D eigenvalue weighted by Crippen LogP contribution is 2.52. The van der Waals surface area contributed by atoms with Crippen molar-refractivity contribution in [2.24, 2.45) is 5.41 Å². The van der Waals surface area contributed by atoms with Gasteiger partial charge in [0.2, 0.25) is 0 Å². The van der Waals surface area contributed by atoms with Crippen molar-refractivity contribution in [3.63, 3.8) is 0 Å². The van der Waals surface area contributed by atoms with Gasteiger partial charge in [-0.15, -0.1) is 0 Å². The maximum Gasteiger partial charge on any atom is 0.131 e. The molecule has 0 fully saturated rings. The maximum atomic E-state index is 11.4. The van der Waals surface area contributed by atoms with Crippen LogP contribution in [0.4, 0.5) is 0 Å². The van der Waals surface area contributed by atoms with Gasteiger partial charge in [-0.3, -0.25) is 4.79 Å².